The number of aromatic nitrogens is 2. The van der Waals surface area contributed by atoms with Crippen LogP contribution in [0.1, 0.15) is 23.7 Å². The van der Waals surface area contributed by atoms with E-state index in [1.54, 1.807) is 0 Å². The molecule has 8 heteroatoms. The molecular weight excluding hydrogens is 338 g/mol. The number of rotatable bonds is 6. The Hall–Kier alpha value is -2.32. The van der Waals surface area contributed by atoms with Crippen molar-refractivity contribution < 1.29 is 9.53 Å². The first-order valence-electron chi connectivity index (χ1n) is 8.13. The van der Waals surface area contributed by atoms with Gasteiger partial charge in [-0.15, -0.1) is 0 Å². The highest BCUT2D eigenvalue weighted by Crippen LogP contribution is 2.34. The van der Waals surface area contributed by atoms with Crippen LogP contribution in [0.25, 0.3) is 0 Å². The number of benzene rings is 1. The zero-order valence-corrected chi connectivity index (χ0v) is 14.5. The molecule has 7 nitrogen and oxygen atoms in total. The van der Waals surface area contributed by atoms with Gasteiger partial charge in [-0.1, -0.05) is 42.1 Å². The number of carbonyl (C=O) groups is 1. The molecule has 1 amide bonds. The predicted molar refractivity (Wildman–Crippen MR) is 97.9 cm³/mol. The molecule has 2 aromatic rings. The maximum Gasteiger partial charge on any atom is 0.238 e. The average Bonchev–Trinajstić information content (AvgIpc) is 3.11. The third-order valence-electron chi connectivity index (χ3n) is 3.84. The maximum absolute atomic E-state index is 12.8. The Morgan fingerprint density at radius 1 is 1.28 bits per heavy atom. The molecule has 5 N–H and O–H groups in total. The molecule has 2 atom stereocenters. The highest BCUT2D eigenvalue weighted by Gasteiger charge is 2.25. The Morgan fingerprint density at radius 3 is 2.64 bits per heavy atom. The van der Waals surface area contributed by atoms with E-state index in [1.165, 1.54) is 17.8 Å². The lowest BCUT2D eigenvalue weighted by atomic mass is 10.1. The number of amides is 1. The van der Waals surface area contributed by atoms with Crippen LogP contribution in [0, 0.1) is 0 Å². The Morgan fingerprint density at radius 2 is 2.00 bits per heavy atom. The van der Waals surface area contributed by atoms with Gasteiger partial charge in [-0.3, -0.25) is 4.79 Å². The maximum atomic E-state index is 12.8. The first-order chi connectivity index (χ1) is 12.1. The fourth-order valence-corrected chi connectivity index (χ4v) is 3.64. The third-order valence-corrected chi connectivity index (χ3v) is 4.95. The number of hydrogen-bond acceptors (Lipinski definition) is 7. The second-order valence-corrected chi connectivity index (χ2v) is 6.86. The molecule has 1 aliphatic rings. The fourth-order valence-electron chi connectivity index (χ4n) is 2.63. The summed E-state index contributed by atoms with van der Waals surface area (Å²) in [4.78, 5) is 21.1. The lowest BCUT2D eigenvalue weighted by Crippen LogP contribution is -2.34. The molecule has 3 rings (SSSR count). The second-order valence-electron chi connectivity index (χ2n) is 5.79. The van der Waals surface area contributed by atoms with Crippen molar-refractivity contribution >= 4 is 29.3 Å². The summed E-state index contributed by atoms with van der Waals surface area (Å²) in [6.07, 6.45) is 2.09. The Balaban J connectivity index is 1.75. The van der Waals surface area contributed by atoms with Crippen molar-refractivity contribution in [2.45, 2.75) is 29.4 Å². The number of nitrogens with two attached hydrogens (primary N) is 2. The minimum absolute atomic E-state index is 0.0876. The lowest BCUT2D eigenvalue weighted by molar-refractivity contribution is -0.121. The minimum atomic E-state index is -0.496. The van der Waals surface area contributed by atoms with E-state index < -0.39 is 5.25 Å². The summed E-state index contributed by atoms with van der Waals surface area (Å²) in [5.41, 5.74) is 12.3. The SMILES string of the molecule is Nc1cc(N)nc(S[C@H](C(=O)NC[C@H]2CCCO2)c2ccccc2)n1. The van der Waals surface area contributed by atoms with E-state index in [1.807, 2.05) is 30.3 Å². The van der Waals surface area contributed by atoms with Gasteiger partial charge in [0, 0.05) is 19.2 Å². The molecule has 132 valence electrons. The van der Waals surface area contributed by atoms with Gasteiger partial charge in [0.2, 0.25) is 5.91 Å². The quantitative estimate of drug-likeness (QED) is 0.531. The van der Waals surface area contributed by atoms with Crippen LogP contribution in [0.5, 0.6) is 0 Å². The van der Waals surface area contributed by atoms with E-state index in [4.69, 9.17) is 16.2 Å². The number of anilines is 2. The molecule has 0 bridgehead atoms. The number of nitrogens with one attached hydrogen (secondary N) is 1. The largest absolute Gasteiger partial charge is 0.383 e. The van der Waals surface area contributed by atoms with E-state index in [9.17, 15) is 4.79 Å². The van der Waals surface area contributed by atoms with Crippen LogP contribution in [-0.4, -0.2) is 35.1 Å². The third kappa shape index (κ3) is 4.83. The molecule has 0 spiro atoms. The number of hydrogen-bond donors (Lipinski definition) is 3. The standard InChI is InChI=1S/C17H21N5O2S/c18-13-9-14(19)22-17(21-13)25-15(11-5-2-1-3-6-11)16(23)20-10-12-7-4-8-24-12/h1-3,5-6,9,12,15H,4,7-8,10H2,(H,20,23)(H4,18,19,21,22)/t12-,15+/m1/s1. The van der Waals surface area contributed by atoms with Gasteiger partial charge < -0.3 is 21.5 Å². The summed E-state index contributed by atoms with van der Waals surface area (Å²) in [6, 6.07) is 11.0. The van der Waals surface area contributed by atoms with E-state index in [0.717, 1.165) is 25.0 Å². The van der Waals surface area contributed by atoms with Crippen LogP contribution in [0.2, 0.25) is 0 Å². The summed E-state index contributed by atoms with van der Waals surface area (Å²) in [7, 11) is 0. The highest BCUT2D eigenvalue weighted by atomic mass is 32.2. The van der Waals surface area contributed by atoms with Gasteiger partial charge in [0.1, 0.15) is 16.9 Å². The molecule has 25 heavy (non-hydrogen) atoms. The van der Waals surface area contributed by atoms with Crippen molar-refractivity contribution in [1.82, 2.24) is 15.3 Å². The normalized spacial score (nSPS) is 18.0. The van der Waals surface area contributed by atoms with Crippen molar-refractivity contribution in [3.8, 4) is 0 Å². The zero-order chi connectivity index (χ0) is 17.6. The number of ether oxygens (including phenoxy) is 1. The van der Waals surface area contributed by atoms with Crippen molar-refractivity contribution in [2.75, 3.05) is 24.6 Å². The van der Waals surface area contributed by atoms with Gasteiger partial charge in [-0.2, -0.15) is 0 Å². The molecule has 0 radical (unpaired) electrons. The van der Waals surface area contributed by atoms with E-state index in [-0.39, 0.29) is 23.6 Å². The summed E-state index contributed by atoms with van der Waals surface area (Å²) >= 11 is 1.23. The van der Waals surface area contributed by atoms with Crippen LogP contribution < -0.4 is 16.8 Å². The molecule has 1 fully saturated rings. The van der Waals surface area contributed by atoms with Gasteiger partial charge in [0.05, 0.1) is 6.10 Å². The Kier molecular flexibility index (Phi) is 5.72. The van der Waals surface area contributed by atoms with Crippen molar-refractivity contribution in [1.29, 1.82) is 0 Å². The summed E-state index contributed by atoms with van der Waals surface area (Å²) in [5, 5.41) is 2.85. The Bertz CT molecular complexity index is 702. The predicted octanol–water partition coefficient (Wildman–Crippen LogP) is 1.77. The van der Waals surface area contributed by atoms with Gasteiger partial charge in [0.25, 0.3) is 0 Å². The van der Waals surface area contributed by atoms with Crippen molar-refractivity contribution in [2.24, 2.45) is 0 Å². The zero-order valence-electron chi connectivity index (χ0n) is 13.7. The van der Waals surface area contributed by atoms with Crippen LogP contribution >= 0.6 is 11.8 Å². The van der Waals surface area contributed by atoms with Crippen molar-refractivity contribution in [3.63, 3.8) is 0 Å². The fraction of sp³-hybridized carbons (Fsp3) is 0.353. The lowest BCUT2D eigenvalue weighted by Gasteiger charge is -2.18. The number of nitrogen functional groups attached to an aromatic ring is 2. The summed E-state index contributed by atoms with van der Waals surface area (Å²) in [6.45, 7) is 1.26. The van der Waals surface area contributed by atoms with Gasteiger partial charge >= 0.3 is 0 Å². The molecule has 1 aliphatic heterocycles. The van der Waals surface area contributed by atoms with Gasteiger partial charge in [-0.25, -0.2) is 9.97 Å². The molecule has 0 saturated carbocycles. The minimum Gasteiger partial charge on any atom is -0.383 e. The first-order valence-corrected chi connectivity index (χ1v) is 9.01. The monoisotopic (exact) mass is 359 g/mol. The van der Waals surface area contributed by atoms with E-state index >= 15 is 0 Å². The van der Waals surface area contributed by atoms with Crippen molar-refractivity contribution in [3.05, 3.63) is 42.0 Å². The van der Waals surface area contributed by atoms with Gasteiger partial charge in [0.15, 0.2) is 5.16 Å². The second kappa shape index (κ2) is 8.17. The van der Waals surface area contributed by atoms with Crippen LogP contribution in [0.4, 0.5) is 11.6 Å². The summed E-state index contributed by atoms with van der Waals surface area (Å²) < 4.78 is 5.56. The number of carbonyl (C=O) groups excluding carboxylic acids is 1. The molecule has 1 saturated heterocycles. The van der Waals surface area contributed by atoms with Crippen LogP contribution in [0.15, 0.2) is 41.6 Å². The van der Waals surface area contributed by atoms with Crippen LogP contribution in [-0.2, 0) is 9.53 Å². The molecule has 1 aromatic heterocycles. The van der Waals surface area contributed by atoms with E-state index in [0.29, 0.717) is 11.7 Å². The topological polar surface area (TPSA) is 116 Å². The number of thioether (sulfide) groups is 1. The molecular formula is C17H21N5O2S. The Labute approximate surface area is 150 Å². The molecule has 1 aromatic carbocycles. The van der Waals surface area contributed by atoms with Gasteiger partial charge in [-0.05, 0) is 18.4 Å². The van der Waals surface area contributed by atoms with Crippen LogP contribution in [0.3, 0.4) is 0 Å². The number of nitrogens with zero attached hydrogens (tertiary/aromatic N) is 2. The van der Waals surface area contributed by atoms with E-state index in [2.05, 4.69) is 15.3 Å². The molecule has 2 heterocycles. The molecule has 0 unspecified atom stereocenters. The summed E-state index contributed by atoms with van der Waals surface area (Å²) in [5.74, 6) is 0.444. The molecule has 0 aliphatic carbocycles. The smallest absolute Gasteiger partial charge is 0.238 e. The average molecular weight is 359 g/mol. The highest BCUT2D eigenvalue weighted by molar-refractivity contribution is 8.00. The first kappa shape index (κ1) is 17.5.